The molecule has 84 valence electrons. The van der Waals surface area contributed by atoms with Crippen LogP contribution in [0, 0.1) is 0 Å². The number of nitrogens with one attached hydrogen (secondary N) is 2. The zero-order valence-corrected chi connectivity index (χ0v) is 9.36. The molecular formula is C11H19N3O. The molecule has 1 aliphatic heterocycles. The van der Waals surface area contributed by atoms with Gasteiger partial charge in [0.25, 0.3) is 0 Å². The number of aromatic nitrogens is 2. The zero-order valence-electron chi connectivity index (χ0n) is 9.36. The lowest BCUT2D eigenvalue weighted by molar-refractivity contribution is -0.0423. The molecule has 0 amide bonds. The highest BCUT2D eigenvalue weighted by Crippen LogP contribution is 2.19. The lowest BCUT2D eigenvalue weighted by Gasteiger charge is -2.32. The molecule has 1 aromatic rings. The standard InChI is InChI=1S/C11H19N3O/c1-8-5-11(6-9(2)15-8)12-7-10-3-4-13-14-10/h3-4,8-9,11-12H,5-7H2,1-2H3,(H,13,14). The number of hydrogen-bond donors (Lipinski definition) is 2. The summed E-state index contributed by atoms with van der Waals surface area (Å²) in [4.78, 5) is 0. The van der Waals surface area contributed by atoms with Crippen molar-refractivity contribution in [3.8, 4) is 0 Å². The average Bonchev–Trinajstić information content (AvgIpc) is 2.65. The van der Waals surface area contributed by atoms with Crippen LogP contribution < -0.4 is 5.32 Å². The van der Waals surface area contributed by atoms with Crippen LogP contribution in [-0.4, -0.2) is 28.4 Å². The highest BCUT2D eigenvalue weighted by molar-refractivity contribution is 4.97. The lowest BCUT2D eigenvalue weighted by Crippen LogP contribution is -2.41. The van der Waals surface area contributed by atoms with Gasteiger partial charge < -0.3 is 10.1 Å². The van der Waals surface area contributed by atoms with Crippen LogP contribution >= 0.6 is 0 Å². The molecule has 1 fully saturated rings. The third kappa shape index (κ3) is 3.04. The monoisotopic (exact) mass is 209 g/mol. The zero-order chi connectivity index (χ0) is 10.7. The van der Waals surface area contributed by atoms with E-state index in [1.165, 1.54) is 0 Å². The fourth-order valence-corrected chi connectivity index (χ4v) is 2.21. The average molecular weight is 209 g/mol. The summed E-state index contributed by atoms with van der Waals surface area (Å²) in [6, 6.07) is 2.56. The van der Waals surface area contributed by atoms with E-state index >= 15 is 0 Å². The minimum atomic E-state index is 0.369. The maximum atomic E-state index is 5.69. The predicted molar refractivity (Wildman–Crippen MR) is 58.5 cm³/mol. The van der Waals surface area contributed by atoms with E-state index in [9.17, 15) is 0 Å². The maximum Gasteiger partial charge on any atom is 0.0565 e. The van der Waals surface area contributed by atoms with Gasteiger partial charge in [-0.25, -0.2) is 0 Å². The molecule has 15 heavy (non-hydrogen) atoms. The first-order valence-corrected chi connectivity index (χ1v) is 5.61. The number of H-pyrrole nitrogens is 1. The van der Waals surface area contributed by atoms with Crippen molar-refractivity contribution in [2.24, 2.45) is 0 Å². The third-order valence-electron chi connectivity index (χ3n) is 2.84. The van der Waals surface area contributed by atoms with Crippen molar-refractivity contribution < 1.29 is 4.74 Å². The molecule has 0 spiro atoms. The number of hydrogen-bond acceptors (Lipinski definition) is 3. The Bertz CT molecular complexity index is 276. The predicted octanol–water partition coefficient (Wildman–Crippen LogP) is 1.46. The fraction of sp³-hybridized carbons (Fsp3) is 0.727. The quantitative estimate of drug-likeness (QED) is 0.792. The molecule has 4 heteroatoms. The van der Waals surface area contributed by atoms with Crippen molar-refractivity contribution in [2.75, 3.05) is 0 Å². The Hall–Kier alpha value is -0.870. The van der Waals surface area contributed by atoms with Gasteiger partial charge in [-0.1, -0.05) is 0 Å². The van der Waals surface area contributed by atoms with Crippen LogP contribution in [0.1, 0.15) is 32.4 Å². The van der Waals surface area contributed by atoms with Gasteiger partial charge in [0.15, 0.2) is 0 Å². The minimum Gasteiger partial charge on any atom is -0.375 e. The third-order valence-corrected chi connectivity index (χ3v) is 2.84. The molecule has 2 rings (SSSR count). The summed E-state index contributed by atoms with van der Waals surface area (Å²) in [5, 5.41) is 10.4. The highest BCUT2D eigenvalue weighted by atomic mass is 16.5. The molecule has 0 saturated carbocycles. The summed E-state index contributed by atoms with van der Waals surface area (Å²) < 4.78 is 5.69. The Labute approximate surface area is 90.4 Å². The lowest BCUT2D eigenvalue weighted by atomic mass is 10.00. The molecule has 2 atom stereocenters. The second-order valence-corrected chi connectivity index (χ2v) is 4.39. The smallest absolute Gasteiger partial charge is 0.0565 e. The van der Waals surface area contributed by atoms with Crippen molar-refractivity contribution >= 4 is 0 Å². The molecule has 4 nitrogen and oxygen atoms in total. The van der Waals surface area contributed by atoms with Crippen molar-refractivity contribution in [3.63, 3.8) is 0 Å². The van der Waals surface area contributed by atoms with E-state index in [0.29, 0.717) is 18.2 Å². The van der Waals surface area contributed by atoms with E-state index in [1.807, 2.05) is 6.07 Å². The molecule has 2 heterocycles. The van der Waals surface area contributed by atoms with Gasteiger partial charge in [-0.15, -0.1) is 0 Å². The van der Waals surface area contributed by atoms with Crippen LogP contribution in [0.25, 0.3) is 0 Å². The first-order valence-electron chi connectivity index (χ1n) is 5.61. The van der Waals surface area contributed by atoms with Gasteiger partial charge in [0.1, 0.15) is 0 Å². The molecule has 0 aromatic carbocycles. The Morgan fingerprint density at radius 3 is 2.80 bits per heavy atom. The van der Waals surface area contributed by atoms with Crippen molar-refractivity contribution in [1.29, 1.82) is 0 Å². The minimum absolute atomic E-state index is 0.369. The Morgan fingerprint density at radius 1 is 1.47 bits per heavy atom. The maximum absolute atomic E-state index is 5.69. The number of nitrogens with zero attached hydrogens (tertiary/aromatic N) is 1. The van der Waals surface area contributed by atoms with Crippen LogP contribution in [0.2, 0.25) is 0 Å². The Balaban J connectivity index is 1.79. The molecule has 0 aliphatic carbocycles. The van der Waals surface area contributed by atoms with Crippen LogP contribution in [0.4, 0.5) is 0 Å². The number of aromatic amines is 1. The summed E-state index contributed by atoms with van der Waals surface area (Å²) >= 11 is 0. The van der Waals surface area contributed by atoms with Crippen LogP contribution in [-0.2, 0) is 11.3 Å². The normalized spacial score (nSPS) is 31.7. The van der Waals surface area contributed by atoms with E-state index < -0.39 is 0 Å². The van der Waals surface area contributed by atoms with Gasteiger partial charge in [0.05, 0.1) is 12.2 Å². The second kappa shape index (κ2) is 4.77. The van der Waals surface area contributed by atoms with Crippen molar-refractivity contribution in [1.82, 2.24) is 15.5 Å². The number of ether oxygens (including phenoxy) is 1. The number of rotatable bonds is 3. The summed E-state index contributed by atoms with van der Waals surface area (Å²) in [6.07, 6.45) is 4.71. The molecule has 2 N–H and O–H groups in total. The van der Waals surface area contributed by atoms with E-state index in [-0.39, 0.29) is 0 Å². The summed E-state index contributed by atoms with van der Waals surface area (Å²) in [5.74, 6) is 0. The van der Waals surface area contributed by atoms with Crippen LogP contribution in [0.5, 0.6) is 0 Å². The molecule has 1 aliphatic rings. The van der Waals surface area contributed by atoms with Gasteiger partial charge in [-0.2, -0.15) is 5.10 Å². The molecule has 0 bridgehead atoms. The van der Waals surface area contributed by atoms with Crippen LogP contribution in [0.3, 0.4) is 0 Å². The van der Waals surface area contributed by atoms with Gasteiger partial charge in [0, 0.05) is 24.5 Å². The summed E-state index contributed by atoms with van der Waals surface area (Å²) in [7, 11) is 0. The summed E-state index contributed by atoms with van der Waals surface area (Å²) in [6.45, 7) is 5.14. The van der Waals surface area contributed by atoms with E-state index in [4.69, 9.17) is 4.74 Å². The molecular weight excluding hydrogens is 190 g/mol. The SMILES string of the molecule is CC1CC(NCc2ccn[nH]2)CC(C)O1. The van der Waals surface area contributed by atoms with Gasteiger partial charge in [-0.3, -0.25) is 5.10 Å². The first kappa shape index (κ1) is 10.6. The highest BCUT2D eigenvalue weighted by Gasteiger charge is 2.23. The van der Waals surface area contributed by atoms with Gasteiger partial charge >= 0.3 is 0 Å². The van der Waals surface area contributed by atoms with E-state index in [0.717, 1.165) is 25.1 Å². The molecule has 2 unspecified atom stereocenters. The van der Waals surface area contributed by atoms with Gasteiger partial charge in [-0.05, 0) is 32.8 Å². The fourth-order valence-electron chi connectivity index (χ4n) is 2.21. The largest absolute Gasteiger partial charge is 0.375 e. The van der Waals surface area contributed by atoms with E-state index in [1.54, 1.807) is 6.20 Å². The Kier molecular flexibility index (Phi) is 3.38. The second-order valence-electron chi connectivity index (χ2n) is 4.39. The van der Waals surface area contributed by atoms with E-state index in [2.05, 4.69) is 29.4 Å². The van der Waals surface area contributed by atoms with Crippen molar-refractivity contribution in [3.05, 3.63) is 18.0 Å². The van der Waals surface area contributed by atoms with Crippen LogP contribution in [0.15, 0.2) is 12.3 Å². The summed E-state index contributed by atoms with van der Waals surface area (Å²) in [5.41, 5.74) is 1.14. The first-order chi connectivity index (χ1) is 7.24. The van der Waals surface area contributed by atoms with Gasteiger partial charge in [0.2, 0.25) is 0 Å². The molecule has 1 aromatic heterocycles. The topological polar surface area (TPSA) is 49.9 Å². The van der Waals surface area contributed by atoms with Crippen molar-refractivity contribution in [2.45, 2.75) is 51.5 Å². The Morgan fingerprint density at radius 2 is 2.20 bits per heavy atom. The molecule has 0 radical (unpaired) electrons. The molecule has 1 saturated heterocycles.